The molecule has 0 N–H and O–H groups in total. The summed E-state index contributed by atoms with van der Waals surface area (Å²) >= 11 is 7.34. The lowest BCUT2D eigenvalue weighted by Crippen LogP contribution is -2.09. The second kappa shape index (κ2) is 4.21. The van der Waals surface area contributed by atoms with E-state index in [2.05, 4.69) is 70.0 Å². The molecule has 1 aromatic rings. The molecule has 2 heteroatoms. The third-order valence-electron chi connectivity index (χ3n) is 3.35. The molecule has 2 unspecified atom stereocenters. The summed E-state index contributed by atoms with van der Waals surface area (Å²) in [5.41, 5.74) is 1.97. The first-order chi connectivity index (χ1) is 6.99. The molecule has 82 valence electrons. The minimum atomic E-state index is 0.556. The summed E-state index contributed by atoms with van der Waals surface area (Å²) in [5, 5.41) is 0. The number of benzene rings is 1. The zero-order chi connectivity index (χ0) is 11.1. The quantitative estimate of drug-likeness (QED) is 0.698. The topological polar surface area (TPSA) is 0 Å². The van der Waals surface area contributed by atoms with Crippen LogP contribution in [0.25, 0.3) is 0 Å². The number of halogens is 2. The van der Waals surface area contributed by atoms with Gasteiger partial charge in [0.25, 0.3) is 0 Å². The molecule has 1 fully saturated rings. The van der Waals surface area contributed by atoms with Crippen LogP contribution in [0.15, 0.2) is 28.7 Å². The van der Waals surface area contributed by atoms with Gasteiger partial charge in [0.15, 0.2) is 0 Å². The van der Waals surface area contributed by atoms with E-state index in [9.17, 15) is 0 Å². The Bertz CT molecular complexity index is 357. The van der Waals surface area contributed by atoms with Crippen LogP contribution < -0.4 is 0 Å². The Morgan fingerprint density at radius 2 is 2.13 bits per heavy atom. The molecule has 0 nitrogen and oxygen atoms in total. The van der Waals surface area contributed by atoms with E-state index < -0.39 is 0 Å². The zero-order valence-electron chi connectivity index (χ0n) is 9.13. The van der Waals surface area contributed by atoms with E-state index in [0.29, 0.717) is 10.2 Å². The maximum absolute atomic E-state index is 3.83. The lowest BCUT2D eigenvalue weighted by Gasteiger charge is -2.11. The van der Waals surface area contributed by atoms with Crippen LogP contribution in [0.2, 0.25) is 0 Å². The molecule has 2 atom stereocenters. The maximum Gasteiger partial charge on any atom is 0.0219 e. The van der Waals surface area contributed by atoms with Crippen molar-refractivity contribution >= 4 is 31.9 Å². The van der Waals surface area contributed by atoms with Gasteiger partial charge >= 0.3 is 0 Å². The van der Waals surface area contributed by atoms with Crippen LogP contribution in [-0.4, -0.2) is 4.83 Å². The Morgan fingerprint density at radius 1 is 1.47 bits per heavy atom. The van der Waals surface area contributed by atoms with Crippen molar-refractivity contribution in [1.82, 2.24) is 0 Å². The average molecular weight is 332 g/mol. The zero-order valence-corrected chi connectivity index (χ0v) is 12.3. The van der Waals surface area contributed by atoms with Crippen LogP contribution in [0.5, 0.6) is 0 Å². The Hall–Kier alpha value is 0.180. The van der Waals surface area contributed by atoms with Crippen molar-refractivity contribution < 1.29 is 0 Å². The minimum absolute atomic E-state index is 0.556. The molecular formula is C13H16Br2. The Balaban J connectivity index is 1.98. The third-order valence-corrected chi connectivity index (χ3v) is 4.80. The van der Waals surface area contributed by atoms with E-state index in [1.807, 2.05) is 0 Å². The summed E-state index contributed by atoms with van der Waals surface area (Å²) in [6, 6.07) is 8.60. The second-order valence-electron chi connectivity index (χ2n) is 5.15. The van der Waals surface area contributed by atoms with Gasteiger partial charge in [-0.15, -0.1) is 0 Å². The van der Waals surface area contributed by atoms with Gasteiger partial charge in [-0.25, -0.2) is 0 Å². The summed E-state index contributed by atoms with van der Waals surface area (Å²) < 4.78 is 1.18. The van der Waals surface area contributed by atoms with Crippen LogP contribution in [0.3, 0.4) is 0 Å². The van der Waals surface area contributed by atoms with Crippen molar-refractivity contribution in [2.75, 3.05) is 0 Å². The molecule has 0 radical (unpaired) electrons. The van der Waals surface area contributed by atoms with Crippen molar-refractivity contribution in [2.45, 2.75) is 31.5 Å². The van der Waals surface area contributed by atoms with Gasteiger partial charge in [0.05, 0.1) is 0 Å². The number of hydrogen-bond donors (Lipinski definition) is 0. The molecule has 0 aliphatic heterocycles. The molecule has 0 aromatic heterocycles. The van der Waals surface area contributed by atoms with Crippen LogP contribution in [-0.2, 0) is 6.42 Å². The summed E-state index contributed by atoms with van der Waals surface area (Å²) in [4.78, 5) is 0.627. The molecule has 1 aromatic carbocycles. The molecule has 2 rings (SSSR count). The predicted molar refractivity (Wildman–Crippen MR) is 72.4 cm³/mol. The Morgan fingerprint density at radius 3 is 2.67 bits per heavy atom. The van der Waals surface area contributed by atoms with E-state index in [-0.39, 0.29) is 0 Å². The van der Waals surface area contributed by atoms with Crippen LogP contribution in [0.1, 0.15) is 25.8 Å². The highest BCUT2D eigenvalue weighted by Gasteiger charge is 2.48. The lowest BCUT2D eigenvalue weighted by atomic mass is 10.0. The minimum Gasteiger partial charge on any atom is -0.0884 e. The van der Waals surface area contributed by atoms with Gasteiger partial charge in [-0.1, -0.05) is 57.8 Å². The SMILES string of the molecule is CC1(C)CC1C(Br)Cc1cccc(Br)c1. The van der Waals surface area contributed by atoms with Crippen molar-refractivity contribution in [3.05, 3.63) is 34.3 Å². The van der Waals surface area contributed by atoms with E-state index >= 15 is 0 Å². The van der Waals surface area contributed by atoms with Crippen molar-refractivity contribution in [3.63, 3.8) is 0 Å². The average Bonchev–Trinajstić information content (AvgIpc) is 2.75. The normalized spacial score (nSPS) is 24.9. The molecule has 15 heavy (non-hydrogen) atoms. The molecule has 1 aliphatic rings. The fraction of sp³-hybridized carbons (Fsp3) is 0.538. The molecule has 0 spiro atoms. The Labute approximate surface area is 109 Å². The first-order valence-electron chi connectivity index (χ1n) is 5.37. The molecule has 0 saturated heterocycles. The van der Waals surface area contributed by atoms with Gasteiger partial charge in [-0.2, -0.15) is 0 Å². The van der Waals surface area contributed by atoms with Crippen LogP contribution >= 0.6 is 31.9 Å². The highest BCUT2D eigenvalue weighted by atomic mass is 79.9. The van der Waals surface area contributed by atoms with E-state index in [0.717, 1.165) is 12.3 Å². The summed E-state index contributed by atoms with van der Waals surface area (Å²) in [6.45, 7) is 4.71. The molecule has 1 saturated carbocycles. The molecule has 0 amide bonds. The summed E-state index contributed by atoms with van der Waals surface area (Å²) in [7, 11) is 0. The molecule has 0 bridgehead atoms. The highest BCUT2D eigenvalue weighted by molar-refractivity contribution is 9.10. The summed E-state index contributed by atoms with van der Waals surface area (Å²) in [6.07, 6.45) is 2.49. The monoisotopic (exact) mass is 330 g/mol. The maximum atomic E-state index is 3.83. The number of rotatable bonds is 3. The van der Waals surface area contributed by atoms with Gasteiger partial charge in [0.2, 0.25) is 0 Å². The van der Waals surface area contributed by atoms with E-state index in [1.165, 1.54) is 16.5 Å². The van der Waals surface area contributed by atoms with Gasteiger partial charge < -0.3 is 0 Å². The lowest BCUT2D eigenvalue weighted by molar-refractivity contribution is 0.546. The smallest absolute Gasteiger partial charge is 0.0219 e. The molecule has 1 aliphatic carbocycles. The number of hydrogen-bond acceptors (Lipinski definition) is 0. The van der Waals surface area contributed by atoms with Gasteiger partial charge in [-0.3, -0.25) is 0 Å². The van der Waals surface area contributed by atoms with Gasteiger partial charge in [0, 0.05) is 9.30 Å². The molecule has 0 heterocycles. The van der Waals surface area contributed by atoms with Gasteiger partial charge in [-0.05, 0) is 41.9 Å². The second-order valence-corrected chi connectivity index (χ2v) is 7.24. The summed E-state index contributed by atoms with van der Waals surface area (Å²) in [5.74, 6) is 0.844. The van der Waals surface area contributed by atoms with E-state index in [4.69, 9.17) is 0 Å². The standard InChI is InChI=1S/C13H16Br2/c1-13(2)8-11(13)12(15)7-9-4-3-5-10(14)6-9/h3-6,11-12H,7-8H2,1-2H3. The fourth-order valence-electron chi connectivity index (χ4n) is 2.16. The molecular weight excluding hydrogens is 316 g/mol. The van der Waals surface area contributed by atoms with Crippen LogP contribution in [0, 0.1) is 11.3 Å². The van der Waals surface area contributed by atoms with Crippen molar-refractivity contribution in [2.24, 2.45) is 11.3 Å². The largest absolute Gasteiger partial charge is 0.0884 e. The van der Waals surface area contributed by atoms with Crippen molar-refractivity contribution in [1.29, 1.82) is 0 Å². The fourth-order valence-corrected chi connectivity index (χ4v) is 3.88. The highest BCUT2D eigenvalue weighted by Crippen LogP contribution is 2.55. The first-order valence-corrected chi connectivity index (χ1v) is 7.08. The predicted octanol–water partition coefficient (Wildman–Crippen LogP) is 4.80. The van der Waals surface area contributed by atoms with Crippen molar-refractivity contribution in [3.8, 4) is 0 Å². The van der Waals surface area contributed by atoms with Crippen LogP contribution in [0.4, 0.5) is 0 Å². The Kier molecular flexibility index (Phi) is 3.27. The number of alkyl halides is 1. The first kappa shape index (κ1) is 11.7. The third kappa shape index (κ3) is 2.85. The van der Waals surface area contributed by atoms with Gasteiger partial charge in [0.1, 0.15) is 0 Å². The van der Waals surface area contributed by atoms with E-state index in [1.54, 1.807) is 0 Å².